The molecule has 0 saturated carbocycles. The van der Waals surface area contributed by atoms with Crippen molar-refractivity contribution in [3.05, 3.63) is 47.8 Å². The number of pyridine rings is 1. The number of nitrogens with one attached hydrogen (secondary N) is 1. The number of anilines is 2. The van der Waals surface area contributed by atoms with Crippen LogP contribution < -0.4 is 10.1 Å². The second-order valence-electron chi connectivity index (χ2n) is 6.36. The number of benzene rings is 1. The number of ether oxygens (including phenoxy) is 1. The standard InChI is InChI=1S/C20H23N3O4/c1-2-27-18-12-16(19(24)23-10-4-3-5-11-23)21-13-17(18)22-15-8-6-14(7-9-15)20(25)26/h6-9,12-13,22H,2-5,10-11H2,1H3,(H,25,26). The number of hydrogen-bond donors (Lipinski definition) is 2. The van der Waals surface area contributed by atoms with Crippen molar-refractivity contribution in [2.75, 3.05) is 25.0 Å². The van der Waals surface area contributed by atoms with E-state index in [-0.39, 0.29) is 11.5 Å². The van der Waals surface area contributed by atoms with Crippen molar-refractivity contribution >= 4 is 23.3 Å². The lowest BCUT2D eigenvalue weighted by molar-refractivity contribution is 0.0693. The fourth-order valence-electron chi connectivity index (χ4n) is 3.03. The number of amides is 1. The van der Waals surface area contributed by atoms with Gasteiger partial charge in [0.1, 0.15) is 11.4 Å². The number of piperidine rings is 1. The summed E-state index contributed by atoms with van der Waals surface area (Å²) in [5.74, 6) is -0.512. The van der Waals surface area contributed by atoms with Gasteiger partial charge in [-0.25, -0.2) is 9.78 Å². The maximum atomic E-state index is 12.7. The maximum Gasteiger partial charge on any atom is 0.335 e. The largest absolute Gasteiger partial charge is 0.492 e. The van der Waals surface area contributed by atoms with Crippen LogP contribution in [0.3, 0.4) is 0 Å². The van der Waals surface area contributed by atoms with E-state index < -0.39 is 5.97 Å². The van der Waals surface area contributed by atoms with Crippen LogP contribution >= 0.6 is 0 Å². The van der Waals surface area contributed by atoms with E-state index in [0.29, 0.717) is 29.4 Å². The van der Waals surface area contributed by atoms with E-state index in [2.05, 4.69) is 10.3 Å². The first kappa shape index (κ1) is 18.7. The summed E-state index contributed by atoms with van der Waals surface area (Å²) in [6.45, 7) is 3.85. The molecular formula is C20H23N3O4. The molecule has 0 spiro atoms. The molecule has 7 heteroatoms. The molecule has 1 amide bonds. The number of hydrogen-bond acceptors (Lipinski definition) is 5. The maximum absolute atomic E-state index is 12.7. The monoisotopic (exact) mass is 369 g/mol. The van der Waals surface area contributed by atoms with E-state index in [9.17, 15) is 9.59 Å². The van der Waals surface area contributed by atoms with Crippen molar-refractivity contribution in [2.45, 2.75) is 26.2 Å². The van der Waals surface area contributed by atoms with Crippen LogP contribution in [0, 0.1) is 0 Å². The summed E-state index contributed by atoms with van der Waals surface area (Å²) in [5, 5.41) is 12.1. The number of carbonyl (C=O) groups is 2. The average Bonchev–Trinajstić information content (AvgIpc) is 2.70. The predicted octanol–water partition coefficient (Wildman–Crippen LogP) is 3.55. The molecule has 3 rings (SSSR count). The topological polar surface area (TPSA) is 91.8 Å². The summed E-state index contributed by atoms with van der Waals surface area (Å²) in [7, 11) is 0. The molecule has 2 aromatic rings. The number of nitrogens with zero attached hydrogens (tertiary/aromatic N) is 2. The summed E-state index contributed by atoms with van der Waals surface area (Å²) in [5.41, 5.74) is 1.91. The number of carboxylic acid groups (broad SMARTS) is 1. The van der Waals surface area contributed by atoms with Crippen LogP contribution in [-0.2, 0) is 0 Å². The van der Waals surface area contributed by atoms with Crippen molar-refractivity contribution < 1.29 is 19.4 Å². The number of aromatic carboxylic acids is 1. The lowest BCUT2D eigenvalue weighted by Crippen LogP contribution is -2.36. The Hall–Kier alpha value is -3.09. The van der Waals surface area contributed by atoms with E-state index >= 15 is 0 Å². The van der Waals surface area contributed by atoms with Gasteiger partial charge in [-0.1, -0.05) is 0 Å². The van der Waals surface area contributed by atoms with Gasteiger partial charge in [0.15, 0.2) is 0 Å². The molecule has 0 unspecified atom stereocenters. The number of carboxylic acids is 1. The predicted molar refractivity (Wildman–Crippen MR) is 102 cm³/mol. The third-order valence-corrected chi connectivity index (χ3v) is 4.44. The zero-order valence-electron chi connectivity index (χ0n) is 15.3. The molecule has 1 aromatic carbocycles. The first-order chi connectivity index (χ1) is 13.1. The van der Waals surface area contributed by atoms with Gasteiger partial charge >= 0.3 is 5.97 Å². The van der Waals surface area contributed by atoms with E-state index in [1.165, 1.54) is 12.1 Å². The molecule has 142 valence electrons. The number of likely N-dealkylation sites (tertiary alicyclic amines) is 1. The Morgan fingerprint density at radius 3 is 2.52 bits per heavy atom. The zero-order chi connectivity index (χ0) is 19.2. The normalized spacial score (nSPS) is 13.9. The molecule has 0 atom stereocenters. The molecule has 1 fully saturated rings. The molecular weight excluding hydrogens is 346 g/mol. The van der Waals surface area contributed by atoms with Gasteiger partial charge in [-0.15, -0.1) is 0 Å². The highest BCUT2D eigenvalue weighted by Gasteiger charge is 2.20. The van der Waals surface area contributed by atoms with Crippen molar-refractivity contribution in [3.63, 3.8) is 0 Å². The molecule has 2 heterocycles. The van der Waals surface area contributed by atoms with Crippen LogP contribution in [0.15, 0.2) is 36.5 Å². The molecule has 7 nitrogen and oxygen atoms in total. The molecule has 2 N–H and O–H groups in total. The molecule has 0 aliphatic carbocycles. The molecule has 1 saturated heterocycles. The number of rotatable bonds is 6. The third kappa shape index (κ3) is 4.55. The van der Waals surface area contributed by atoms with Crippen molar-refractivity contribution in [1.29, 1.82) is 0 Å². The van der Waals surface area contributed by atoms with Crippen LogP contribution in [0.25, 0.3) is 0 Å². The van der Waals surface area contributed by atoms with Gasteiger partial charge in [-0.3, -0.25) is 4.79 Å². The minimum absolute atomic E-state index is 0.0759. The summed E-state index contributed by atoms with van der Waals surface area (Å²) >= 11 is 0. The third-order valence-electron chi connectivity index (χ3n) is 4.44. The quantitative estimate of drug-likeness (QED) is 0.809. The first-order valence-electron chi connectivity index (χ1n) is 9.11. The second kappa shape index (κ2) is 8.53. The van der Waals surface area contributed by atoms with Gasteiger partial charge in [-0.05, 0) is 50.5 Å². The first-order valence-corrected chi connectivity index (χ1v) is 9.11. The highest BCUT2D eigenvalue weighted by atomic mass is 16.5. The molecule has 1 aromatic heterocycles. The van der Waals surface area contributed by atoms with Gasteiger partial charge in [0.05, 0.1) is 24.1 Å². The van der Waals surface area contributed by atoms with Crippen molar-refractivity contribution in [2.24, 2.45) is 0 Å². The summed E-state index contributed by atoms with van der Waals surface area (Å²) in [6.07, 6.45) is 4.78. The van der Waals surface area contributed by atoms with Crippen molar-refractivity contribution in [1.82, 2.24) is 9.88 Å². The average molecular weight is 369 g/mol. The number of aromatic nitrogens is 1. The summed E-state index contributed by atoms with van der Waals surface area (Å²) in [4.78, 5) is 29.8. The Balaban J connectivity index is 1.80. The highest BCUT2D eigenvalue weighted by molar-refractivity contribution is 5.93. The van der Waals surface area contributed by atoms with Gasteiger partial charge in [0.2, 0.25) is 0 Å². The van der Waals surface area contributed by atoms with Gasteiger partial charge < -0.3 is 20.1 Å². The van der Waals surface area contributed by atoms with Gasteiger partial charge in [0.25, 0.3) is 5.91 Å². The fraction of sp³-hybridized carbons (Fsp3) is 0.350. The van der Waals surface area contributed by atoms with Gasteiger partial charge in [0, 0.05) is 24.8 Å². The number of carbonyl (C=O) groups excluding carboxylic acids is 1. The fourth-order valence-corrected chi connectivity index (χ4v) is 3.03. The van der Waals surface area contributed by atoms with Crippen LogP contribution in [0.1, 0.15) is 47.0 Å². The summed E-state index contributed by atoms with van der Waals surface area (Å²) in [6, 6.07) is 8.05. The lowest BCUT2D eigenvalue weighted by atomic mass is 10.1. The van der Waals surface area contributed by atoms with Crippen LogP contribution in [0.5, 0.6) is 5.75 Å². The Labute approximate surface area is 158 Å². The van der Waals surface area contributed by atoms with E-state index in [1.807, 2.05) is 11.8 Å². The molecule has 0 radical (unpaired) electrons. The van der Waals surface area contributed by atoms with Crippen LogP contribution in [-0.4, -0.2) is 46.6 Å². The minimum Gasteiger partial charge on any atom is -0.492 e. The summed E-state index contributed by atoms with van der Waals surface area (Å²) < 4.78 is 5.68. The van der Waals surface area contributed by atoms with E-state index in [1.54, 1.807) is 24.4 Å². The minimum atomic E-state index is -0.973. The van der Waals surface area contributed by atoms with Crippen LogP contribution in [0.4, 0.5) is 11.4 Å². The Morgan fingerprint density at radius 1 is 1.19 bits per heavy atom. The Kier molecular flexibility index (Phi) is 5.90. The Bertz CT molecular complexity index is 814. The highest BCUT2D eigenvalue weighted by Crippen LogP contribution is 2.28. The zero-order valence-corrected chi connectivity index (χ0v) is 15.3. The van der Waals surface area contributed by atoms with E-state index in [4.69, 9.17) is 9.84 Å². The van der Waals surface area contributed by atoms with Crippen molar-refractivity contribution in [3.8, 4) is 5.75 Å². The molecule has 0 bridgehead atoms. The molecule has 1 aliphatic rings. The van der Waals surface area contributed by atoms with E-state index in [0.717, 1.165) is 32.4 Å². The smallest absolute Gasteiger partial charge is 0.335 e. The molecule has 27 heavy (non-hydrogen) atoms. The molecule has 1 aliphatic heterocycles. The second-order valence-corrected chi connectivity index (χ2v) is 6.36. The van der Waals surface area contributed by atoms with Gasteiger partial charge in [-0.2, -0.15) is 0 Å². The SMILES string of the molecule is CCOc1cc(C(=O)N2CCCCC2)ncc1Nc1ccc(C(=O)O)cc1. The lowest BCUT2D eigenvalue weighted by Gasteiger charge is -2.26. The Morgan fingerprint density at radius 2 is 1.89 bits per heavy atom. The van der Waals surface area contributed by atoms with Crippen LogP contribution in [0.2, 0.25) is 0 Å².